The number of ether oxygens (including phenoxy) is 2. The molecule has 0 bridgehead atoms. The van der Waals surface area contributed by atoms with E-state index in [9.17, 15) is 14.7 Å². The molecule has 0 unspecified atom stereocenters. The topological polar surface area (TPSA) is 114 Å². The van der Waals surface area contributed by atoms with Gasteiger partial charge in [-0.25, -0.2) is 0 Å². The molecule has 1 saturated heterocycles. The summed E-state index contributed by atoms with van der Waals surface area (Å²) < 4.78 is 15.6. The van der Waals surface area contributed by atoms with Crippen LogP contribution in [0.4, 0.5) is 0 Å². The predicted octanol–water partition coefficient (Wildman–Crippen LogP) is 4.98. The summed E-state index contributed by atoms with van der Waals surface area (Å²) in [5.41, 5.74) is 7.00. The number of nitrogens with two attached hydrogens (primary N) is 1. The normalized spacial score (nSPS) is 18.7. The lowest BCUT2D eigenvalue weighted by Crippen LogP contribution is -2.32. The van der Waals surface area contributed by atoms with Crippen molar-refractivity contribution in [1.82, 2.24) is 4.90 Å². The Balaban J connectivity index is 1.88. The van der Waals surface area contributed by atoms with Crippen molar-refractivity contribution >= 4 is 33.7 Å². The first kappa shape index (κ1) is 29.6. The SMILES string of the molecule is COCC[C@H]1CN(CC(=O)c2cc(OCCCC(N)=O)c(O)c(C(C)(C)C)c2)C(=NBr)[C@@H]1c1ccccc1. The second kappa shape index (κ2) is 13.2. The van der Waals surface area contributed by atoms with Crippen molar-refractivity contribution in [2.24, 2.45) is 15.7 Å². The number of likely N-dealkylation sites (tertiary alicyclic amines) is 1. The molecule has 1 fully saturated rings. The first-order valence-corrected chi connectivity index (χ1v) is 13.6. The Morgan fingerprint density at radius 2 is 1.89 bits per heavy atom. The van der Waals surface area contributed by atoms with Crippen LogP contribution >= 0.6 is 16.1 Å². The summed E-state index contributed by atoms with van der Waals surface area (Å²) in [6.45, 7) is 7.52. The van der Waals surface area contributed by atoms with Crippen molar-refractivity contribution in [3.8, 4) is 11.5 Å². The number of hydrogen-bond acceptors (Lipinski definition) is 6. The first-order chi connectivity index (χ1) is 18.1. The van der Waals surface area contributed by atoms with Gasteiger partial charge in [0.1, 0.15) is 5.84 Å². The molecule has 206 valence electrons. The Hall–Kier alpha value is -2.91. The van der Waals surface area contributed by atoms with E-state index in [1.54, 1.807) is 19.2 Å². The van der Waals surface area contributed by atoms with E-state index in [1.165, 1.54) is 0 Å². The molecule has 3 N–H and O–H groups in total. The monoisotopic (exact) mass is 587 g/mol. The number of phenols is 1. The average molecular weight is 589 g/mol. The van der Waals surface area contributed by atoms with Gasteiger partial charge in [0, 0.05) is 43.7 Å². The number of carbonyl (C=O) groups is 2. The number of benzene rings is 2. The molecule has 1 amide bonds. The summed E-state index contributed by atoms with van der Waals surface area (Å²) >= 11 is 3.32. The molecule has 0 saturated carbocycles. The summed E-state index contributed by atoms with van der Waals surface area (Å²) in [7, 11) is 1.69. The molecule has 0 radical (unpaired) electrons. The largest absolute Gasteiger partial charge is 0.504 e. The fourth-order valence-electron chi connectivity index (χ4n) is 4.89. The van der Waals surface area contributed by atoms with Gasteiger partial charge in [0.15, 0.2) is 17.3 Å². The Bertz CT molecular complexity index is 1150. The molecule has 2 aromatic rings. The van der Waals surface area contributed by atoms with E-state index in [4.69, 9.17) is 15.2 Å². The van der Waals surface area contributed by atoms with Gasteiger partial charge < -0.3 is 25.2 Å². The second-order valence-electron chi connectivity index (χ2n) is 10.7. The van der Waals surface area contributed by atoms with Crippen molar-refractivity contribution in [1.29, 1.82) is 0 Å². The third kappa shape index (κ3) is 7.35. The third-order valence-electron chi connectivity index (χ3n) is 6.83. The molecule has 38 heavy (non-hydrogen) atoms. The molecule has 1 aliphatic rings. The highest BCUT2D eigenvalue weighted by molar-refractivity contribution is 9.08. The second-order valence-corrected chi connectivity index (χ2v) is 11.1. The van der Waals surface area contributed by atoms with Crippen molar-refractivity contribution in [2.75, 3.05) is 33.4 Å². The molecule has 0 aliphatic carbocycles. The molecule has 1 aliphatic heterocycles. The molecule has 0 spiro atoms. The zero-order valence-electron chi connectivity index (χ0n) is 22.6. The van der Waals surface area contributed by atoms with E-state index < -0.39 is 11.3 Å². The molecule has 2 atom stereocenters. The van der Waals surface area contributed by atoms with Crippen LogP contribution in [-0.4, -0.2) is 60.9 Å². The minimum Gasteiger partial charge on any atom is -0.504 e. The number of nitrogens with zero attached hydrogens (tertiary/aromatic N) is 2. The number of carbonyl (C=O) groups excluding carboxylic acids is 2. The number of primary amides is 1. The minimum absolute atomic E-state index is 0.000721. The van der Waals surface area contributed by atoms with Gasteiger partial charge in [-0.15, -0.1) is 0 Å². The molecule has 3 rings (SSSR count). The number of amides is 1. The zero-order valence-corrected chi connectivity index (χ0v) is 24.2. The summed E-state index contributed by atoms with van der Waals surface area (Å²) in [5, 5.41) is 10.9. The number of amidine groups is 1. The van der Waals surface area contributed by atoms with Crippen LogP contribution in [0, 0.1) is 5.92 Å². The Kier molecular flexibility index (Phi) is 10.3. The van der Waals surface area contributed by atoms with Crippen molar-refractivity contribution in [3.63, 3.8) is 0 Å². The van der Waals surface area contributed by atoms with E-state index >= 15 is 0 Å². The maximum atomic E-state index is 13.7. The number of hydrogen-bond donors (Lipinski definition) is 2. The maximum absolute atomic E-state index is 13.7. The maximum Gasteiger partial charge on any atom is 0.217 e. The Labute approximate surface area is 233 Å². The van der Waals surface area contributed by atoms with Crippen LogP contribution in [0.5, 0.6) is 11.5 Å². The number of rotatable bonds is 12. The molecule has 1 heterocycles. The van der Waals surface area contributed by atoms with E-state index in [1.807, 2.05) is 43.9 Å². The lowest BCUT2D eigenvalue weighted by Gasteiger charge is -2.24. The standard InChI is InChI=1S/C29H38BrN3O5/c1-29(2,3)22-15-21(16-24(27(22)36)38-13-8-11-25(31)35)23(34)18-33-17-20(12-14-37-4)26(28(33)32-30)19-9-6-5-7-10-19/h5-7,9-10,15-16,20,26,36H,8,11-14,17-18H2,1-4H3,(H2,31,35)/t20-,26+/m0/s1. The fraction of sp³-hybridized carbons (Fsp3) is 0.483. The highest BCUT2D eigenvalue weighted by atomic mass is 79.9. The predicted molar refractivity (Wildman–Crippen MR) is 152 cm³/mol. The number of Topliss-reactive ketones (excluding diaryl/α,β-unsaturated/α-hetero) is 1. The van der Waals surface area contributed by atoms with E-state index in [0.29, 0.717) is 30.7 Å². The Morgan fingerprint density at radius 3 is 2.50 bits per heavy atom. The van der Waals surface area contributed by atoms with Crippen LogP contribution in [0.1, 0.15) is 67.4 Å². The summed E-state index contributed by atoms with van der Waals surface area (Å²) in [4.78, 5) is 26.7. The van der Waals surface area contributed by atoms with Gasteiger partial charge in [0.25, 0.3) is 0 Å². The summed E-state index contributed by atoms with van der Waals surface area (Å²) in [6.07, 6.45) is 1.44. The van der Waals surface area contributed by atoms with Crippen LogP contribution in [0.2, 0.25) is 0 Å². The van der Waals surface area contributed by atoms with Gasteiger partial charge in [-0.2, -0.15) is 4.02 Å². The number of aromatic hydroxyl groups is 1. The van der Waals surface area contributed by atoms with Gasteiger partial charge in [0.05, 0.1) is 29.3 Å². The van der Waals surface area contributed by atoms with Crippen LogP contribution in [-0.2, 0) is 14.9 Å². The summed E-state index contributed by atoms with van der Waals surface area (Å²) in [5.74, 6) is 0.781. The van der Waals surface area contributed by atoms with Crippen molar-refractivity contribution < 1.29 is 24.2 Å². The Morgan fingerprint density at radius 1 is 1.18 bits per heavy atom. The fourth-order valence-corrected chi connectivity index (χ4v) is 5.34. The molecular weight excluding hydrogens is 550 g/mol. The molecule has 9 heteroatoms. The highest BCUT2D eigenvalue weighted by Crippen LogP contribution is 2.40. The number of ketones is 1. The smallest absolute Gasteiger partial charge is 0.217 e. The van der Waals surface area contributed by atoms with Gasteiger partial charge in [-0.05, 0) is 41.9 Å². The van der Waals surface area contributed by atoms with Gasteiger partial charge in [-0.1, -0.05) is 51.1 Å². The lowest BCUT2D eigenvalue weighted by atomic mass is 9.84. The van der Waals surface area contributed by atoms with Crippen LogP contribution in [0.25, 0.3) is 0 Å². The van der Waals surface area contributed by atoms with E-state index in [0.717, 1.165) is 17.8 Å². The molecule has 0 aromatic heterocycles. The van der Waals surface area contributed by atoms with Gasteiger partial charge in [-0.3, -0.25) is 9.59 Å². The van der Waals surface area contributed by atoms with Crippen LogP contribution < -0.4 is 10.5 Å². The van der Waals surface area contributed by atoms with Gasteiger partial charge >= 0.3 is 0 Å². The quantitative estimate of drug-likeness (QED) is 0.267. The molecule has 8 nitrogen and oxygen atoms in total. The average Bonchev–Trinajstić information content (AvgIpc) is 3.22. The van der Waals surface area contributed by atoms with E-state index in [2.05, 4.69) is 32.3 Å². The minimum atomic E-state index is -0.425. The van der Waals surface area contributed by atoms with Crippen molar-refractivity contribution in [2.45, 2.75) is 51.4 Å². The number of methoxy groups -OCH3 is 1. The van der Waals surface area contributed by atoms with Crippen LogP contribution in [0.15, 0.2) is 46.5 Å². The van der Waals surface area contributed by atoms with Crippen molar-refractivity contribution in [3.05, 3.63) is 59.2 Å². The van der Waals surface area contributed by atoms with Crippen LogP contribution in [0.3, 0.4) is 0 Å². The number of halogens is 1. The summed E-state index contributed by atoms with van der Waals surface area (Å²) in [6, 6.07) is 13.5. The van der Waals surface area contributed by atoms with E-state index in [-0.39, 0.29) is 48.7 Å². The van der Waals surface area contributed by atoms with Gasteiger partial charge in [0.2, 0.25) is 5.91 Å². The highest BCUT2D eigenvalue weighted by Gasteiger charge is 2.40. The molecular formula is C29H38BrN3O5. The lowest BCUT2D eigenvalue weighted by molar-refractivity contribution is -0.118. The zero-order chi connectivity index (χ0) is 27.9. The number of phenolic OH excluding ortho intramolecular Hbond substituents is 1. The molecule has 2 aromatic carbocycles. The first-order valence-electron chi connectivity index (χ1n) is 12.9. The third-order valence-corrected chi connectivity index (χ3v) is 7.19.